The van der Waals surface area contributed by atoms with Crippen LogP contribution in [0.2, 0.25) is 0 Å². The minimum absolute atomic E-state index is 0.0406. The Bertz CT molecular complexity index is 899. The van der Waals surface area contributed by atoms with Gasteiger partial charge in [0.2, 0.25) is 5.91 Å². The molecule has 1 aliphatic rings. The van der Waals surface area contributed by atoms with E-state index in [1.807, 2.05) is 12.1 Å². The van der Waals surface area contributed by atoms with E-state index in [0.717, 1.165) is 61.6 Å². The number of hydrogen-bond donors (Lipinski definition) is 3. The van der Waals surface area contributed by atoms with Gasteiger partial charge in [0.1, 0.15) is 5.82 Å². The van der Waals surface area contributed by atoms with Crippen LogP contribution in [0.5, 0.6) is 0 Å². The smallest absolute Gasteiger partial charge is 0.220 e. The number of rotatable bonds is 9. The number of carbonyl (C=O) groups excluding carboxylic acids is 1. The summed E-state index contributed by atoms with van der Waals surface area (Å²) in [6.07, 6.45) is 5.42. The monoisotopic (exact) mass is 441 g/mol. The Labute approximate surface area is 189 Å². The molecule has 9 nitrogen and oxygen atoms in total. The summed E-state index contributed by atoms with van der Waals surface area (Å²) < 4.78 is 5.49. The maximum atomic E-state index is 11.5. The van der Waals surface area contributed by atoms with E-state index in [1.54, 1.807) is 13.2 Å². The van der Waals surface area contributed by atoms with Crippen LogP contribution < -0.4 is 21.3 Å². The van der Waals surface area contributed by atoms with Gasteiger partial charge in [-0.2, -0.15) is 0 Å². The normalized spacial score (nSPS) is 15.2. The fraction of sp³-hybridized carbons (Fsp3) is 0.565. The first-order valence-corrected chi connectivity index (χ1v) is 11.4. The van der Waals surface area contributed by atoms with Crippen LogP contribution in [-0.4, -0.2) is 42.1 Å². The SMILES string of the molecule is CCC(CC)c1cc(CNC(=NC)NCc2cccnc2N2CCC(C(N)=O)CC2)on1. The van der Waals surface area contributed by atoms with Gasteiger partial charge in [-0.1, -0.05) is 25.1 Å². The molecule has 0 saturated carbocycles. The third-order valence-corrected chi connectivity index (χ3v) is 6.15. The number of guanidine groups is 1. The van der Waals surface area contributed by atoms with E-state index >= 15 is 0 Å². The van der Waals surface area contributed by atoms with E-state index in [9.17, 15) is 4.79 Å². The summed E-state index contributed by atoms with van der Waals surface area (Å²) in [4.78, 5) is 22.6. The molecule has 32 heavy (non-hydrogen) atoms. The van der Waals surface area contributed by atoms with Gasteiger partial charge in [0, 0.05) is 56.3 Å². The Morgan fingerprint density at radius 1 is 1.28 bits per heavy atom. The quantitative estimate of drug-likeness (QED) is 0.404. The van der Waals surface area contributed by atoms with Crippen molar-refractivity contribution < 1.29 is 9.32 Å². The van der Waals surface area contributed by atoms with Crippen molar-refractivity contribution in [2.75, 3.05) is 25.0 Å². The number of nitrogens with two attached hydrogens (primary N) is 1. The molecule has 1 amide bonds. The molecule has 2 aromatic rings. The van der Waals surface area contributed by atoms with E-state index in [0.29, 0.717) is 25.0 Å². The third kappa shape index (κ3) is 5.99. The number of piperidine rings is 1. The Hall–Kier alpha value is -3.10. The van der Waals surface area contributed by atoms with Crippen LogP contribution in [0.4, 0.5) is 5.82 Å². The van der Waals surface area contributed by atoms with Crippen molar-refractivity contribution in [2.24, 2.45) is 16.6 Å². The highest BCUT2D eigenvalue weighted by Crippen LogP contribution is 2.24. The summed E-state index contributed by atoms with van der Waals surface area (Å²) in [5, 5.41) is 10.8. The van der Waals surface area contributed by atoms with Crippen LogP contribution in [0.25, 0.3) is 0 Å². The molecule has 2 aromatic heterocycles. The number of nitrogens with one attached hydrogen (secondary N) is 2. The third-order valence-electron chi connectivity index (χ3n) is 6.15. The van der Waals surface area contributed by atoms with Gasteiger partial charge in [-0.15, -0.1) is 0 Å². The second-order valence-corrected chi connectivity index (χ2v) is 8.16. The lowest BCUT2D eigenvalue weighted by atomic mass is 9.96. The molecule has 0 aromatic carbocycles. The lowest BCUT2D eigenvalue weighted by Gasteiger charge is -2.32. The molecule has 0 bridgehead atoms. The molecule has 3 heterocycles. The van der Waals surface area contributed by atoms with Crippen LogP contribution in [-0.2, 0) is 17.9 Å². The zero-order chi connectivity index (χ0) is 22.9. The van der Waals surface area contributed by atoms with Gasteiger partial charge >= 0.3 is 0 Å². The molecule has 1 fully saturated rings. The maximum absolute atomic E-state index is 11.5. The second-order valence-electron chi connectivity index (χ2n) is 8.16. The molecule has 174 valence electrons. The van der Waals surface area contributed by atoms with Crippen molar-refractivity contribution in [1.82, 2.24) is 20.8 Å². The highest BCUT2D eigenvalue weighted by atomic mass is 16.5. The largest absolute Gasteiger partial charge is 0.369 e. The molecule has 9 heteroatoms. The molecule has 0 atom stereocenters. The maximum Gasteiger partial charge on any atom is 0.220 e. The Balaban J connectivity index is 1.55. The van der Waals surface area contributed by atoms with E-state index in [1.165, 1.54) is 0 Å². The summed E-state index contributed by atoms with van der Waals surface area (Å²) in [5.41, 5.74) is 7.55. The number of aromatic nitrogens is 2. The molecule has 1 aliphatic heterocycles. The van der Waals surface area contributed by atoms with E-state index in [2.05, 4.69) is 50.6 Å². The van der Waals surface area contributed by atoms with Crippen LogP contribution in [0.3, 0.4) is 0 Å². The number of pyridine rings is 1. The average Bonchev–Trinajstić information content (AvgIpc) is 3.29. The van der Waals surface area contributed by atoms with Crippen molar-refractivity contribution >= 4 is 17.7 Å². The molecule has 4 N–H and O–H groups in total. The molecule has 1 saturated heterocycles. The lowest BCUT2D eigenvalue weighted by Crippen LogP contribution is -2.40. The molecule has 0 radical (unpaired) electrons. The molecule has 0 aliphatic carbocycles. The van der Waals surface area contributed by atoms with Crippen LogP contribution in [0, 0.1) is 5.92 Å². The molecule has 0 unspecified atom stereocenters. The Morgan fingerprint density at radius 2 is 2.00 bits per heavy atom. The number of nitrogens with zero attached hydrogens (tertiary/aromatic N) is 4. The molecular formula is C23H35N7O2. The van der Waals surface area contributed by atoms with Crippen molar-refractivity contribution in [3.8, 4) is 0 Å². The predicted octanol–water partition coefficient (Wildman–Crippen LogP) is 2.54. The van der Waals surface area contributed by atoms with Crippen molar-refractivity contribution in [1.29, 1.82) is 0 Å². The number of amides is 1. The van der Waals surface area contributed by atoms with Crippen LogP contribution >= 0.6 is 0 Å². The first-order valence-electron chi connectivity index (χ1n) is 11.4. The molecular weight excluding hydrogens is 406 g/mol. The fourth-order valence-electron chi connectivity index (χ4n) is 4.11. The Morgan fingerprint density at radius 3 is 2.66 bits per heavy atom. The highest BCUT2D eigenvalue weighted by Gasteiger charge is 2.25. The summed E-state index contributed by atoms with van der Waals surface area (Å²) in [6, 6.07) is 6.01. The van der Waals surface area contributed by atoms with E-state index < -0.39 is 0 Å². The van der Waals surface area contributed by atoms with Crippen molar-refractivity contribution in [3.63, 3.8) is 0 Å². The van der Waals surface area contributed by atoms with Gasteiger partial charge in [0.15, 0.2) is 11.7 Å². The predicted molar refractivity (Wildman–Crippen MR) is 125 cm³/mol. The van der Waals surface area contributed by atoms with Crippen LogP contribution in [0.1, 0.15) is 62.5 Å². The number of carbonyl (C=O) groups is 1. The van der Waals surface area contributed by atoms with Gasteiger partial charge in [-0.3, -0.25) is 9.79 Å². The zero-order valence-corrected chi connectivity index (χ0v) is 19.3. The summed E-state index contributed by atoms with van der Waals surface area (Å²) in [6.45, 7) is 6.96. The van der Waals surface area contributed by atoms with E-state index in [-0.39, 0.29) is 11.8 Å². The molecule has 3 rings (SSSR count). The van der Waals surface area contributed by atoms with Gasteiger partial charge in [-0.25, -0.2) is 4.98 Å². The molecule has 0 spiro atoms. The average molecular weight is 442 g/mol. The first kappa shape index (κ1) is 23.6. The summed E-state index contributed by atoms with van der Waals surface area (Å²) >= 11 is 0. The minimum Gasteiger partial charge on any atom is -0.369 e. The number of aliphatic imine (C=N–C) groups is 1. The number of primary amides is 1. The lowest BCUT2D eigenvalue weighted by molar-refractivity contribution is -0.122. The topological polar surface area (TPSA) is 122 Å². The Kier molecular flexibility index (Phi) is 8.47. The standard InChI is InChI=1S/C23H35N7O2/c1-4-16(5-2)20-13-19(32-29-20)15-28-23(25-3)27-14-18-7-6-10-26-22(18)30-11-8-17(9-12-30)21(24)31/h6-7,10,13,16-17H,4-5,8-9,11-12,14-15H2,1-3H3,(H2,24,31)(H2,25,27,28). The number of hydrogen-bond acceptors (Lipinski definition) is 6. The van der Waals surface area contributed by atoms with Gasteiger partial charge < -0.3 is 25.8 Å². The second kappa shape index (κ2) is 11.5. The minimum atomic E-state index is -0.207. The first-order chi connectivity index (χ1) is 15.5. The van der Waals surface area contributed by atoms with Gasteiger partial charge in [0.05, 0.1) is 12.2 Å². The highest BCUT2D eigenvalue weighted by molar-refractivity contribution is 5.79. The van der Waals surface area contributed by atoms with Crippen LogP contribution in [0.15, 0.2) is 33.9 Å². The van der Waals surface area contributed by atoms with E-state index in [4.69, 9.17) is 10.3 Å². The van der Waals surface area contributed by atoms with Crippen molar-refractivity contribution in [3.05, 3.63) is 41.4 Å². The van der Waals surface area contributed by atoms with Gasteiger partial charge in [0.25, 0.3) is 0 Å². The summed E-state index contributed by atoms with van der Waals surface area (Å²) in [5.74, 6) is 2.58. The fourth-order valence-corrected chi connectivity index (χ4v) is 4.11. The zero-order valence-electron chi connectivity index (χ0n) is 19.3. The van der Waals surface area contributed by atoms with Gasteiger partial charge in [-0.05, 0) is 31.7 Å². The van der Waals surface area contributed by atoms with Crippen molar-refractivity contribution in [2.45, 2.75) is 58.5 Å². The number of anilines is 1. The summed E-state index contributed by atoms with van der Waals surface area (Å²) in [7, 11) is 1.74.